The van der Waals surface area contributed by atoms with Crippen molar-refractivity contribution in [2.75, 3.05) is 0 Å². The van der Waals surface area contributed by atoms with Gasteiger partial charge in [-0.3, -0.25) is 4.79 Å². The molecule has 0 bridgehead atoms. The van der Waals surface area contributed by atoms with Gasteiger partial charge < -0.3 is 9.72 Å². The molecule has 0 aliphatic heterocycles. The summed E-state index contributed by atoms with van der Waals surface area (Å²) in [5, 5.41) is 4.41. The molecule has 1 aromatic heterocycles. The number of benzene rings is 3. The van der Waals surface area contributed by atoms with Gasteiger partial charge in [0, 0.05) is 5.56 Å². The van der Waals surface area contributed by atoms with Gasteiger partial charge in [0.05, 0.1) is 26.1 Å². The van der Waals surface area contributed by atoms with Crippen molar-refractivity contribution < 1.29 is 9.13 Å². The molecular weight excluding hydrogens is 533 g/mol. The molecule has 4 aromatic rings. The molecule has 1 N–H and O–H groups in total. The number of aromatic nitrogens is 2. The molecule has 0 amide bonds. The van der Waals surface area contributed by atoms with E-state index in [0.29, 0.717) is 36.7 Å². The van der Waals surface area contributed by atoms with E-state index in [4.69, 9.17) is 4.74 Å². The lowest BCUT2D eigenvalue weighted by Gasteiger charge is -2.12. The predicted molar refractivity (Wildman–Crippen MR) is 124 cm³/mol. The fourth-order valence-electron chi connectivity index (χ4n) is 2.94. The Morgan fingerprint density at radius 1 is 1.03 bits per heavy atom. The monoisotopic (exact) mass is 545 g/mol. The first-order valence-electron chi connectivity index (χ1n) is 9.08. The van der Waals surface area contributed by atoms with E-state index in [1.54, 1.807) is 54.6 Å². The Morgan fingerprint density at radius 3 is 2.45 bits per heavy atom. The second-order valence-electron chi connectivity index (χ2n) is 6.53. The molecule has 0 saturated carbocycles. The molecule has 156 valence electrons. The van der Waals surface area contributed by atoms with Crippen LogP contribution in [0.15, 0.2) is 84.3 Å². The number of H-pyrrole nitrogens is 1. The summed E-state index contributed by atoms with van der Waals surface area (Å²) >= 11 is 6.86. The summed E-state index contributed by atoms with van der Waals surface area (Å²) in [5.74, 6) is 0.144. The lowest BCUT2D eigenvalue weighted by molar-refractivity contribution is 0.296. The van der Waals surface area contributed by atoms with Crippen molar-refractivity contribution in [1.29, 1.82) is 0 Å². The molecule has 0 saturated heterocycles. The van der Waals surface area contributed by atoms with E-state index in [1.165, 1.54) is 12.3 Å². The Balaban J connectivity index is 1.61. The molecule has 0 unspecified atom stereocenters. The van der Waals surface area contributed by atoms with E-state index >= 15 is 0 Å². The van der Waals surface area contributed by atoms with Crippen LogP contribution in [0.5, 0.6) is 5.75 Å². The summed E-state index contributed by atoms with van der Waals surface area (Å²) in [5.41, 5.74) is 0.339. The molecule has 0 aliphatic rings. The molecule has 1 heterocycles. The predicted octanol–water partition coefficient (Wildman–Crippen LogP) is 4.82. The van der Waals surface area contributed by atoms with Crippen LogP contribution in [0.4, 0.5) is 4.39 Å². The van der Waals surface area contributed by atoms with Gasteiger partial charge in [-0.25, -0.2) is 9.18 Å². The van der Waals surface area contributed by atoms with Crippen molar-refractivity contribution in [3.05, 3.63) is 107 Å². The van der Waals surface area contributed by atoms with Gasteiger partial charge in [-0.1, -0.05) is 30.3 Å². The molecular formula is C22H14Br2FN3O3. The van der Waals surface area contributed by atoms with Crippen molar-refractivity contribution in [3.8, 4) is 5.75 Å². The molecule has 0 atom stereocenters. The number of aromatic amines is 1. The van der Waals surface area contributed by atoms with Crippen LogP contribution in [0, 0.1) is 5.82 Å². The maximum atomic E-state index is 13.8. The van der Waals surface area contributed by atoms with Crippen molar-refractivity contribution in [1.82, 2.24) is 9.66 Å². The van der Waals surface area contributed by atoms with Crippen LogP contribution in [-0.2, 0) is 6.61 Å². The molecule has 4 rings (SSSR count). The van der Waals surface area contributed by atoms with E-state index in [-0.39, 0.29) is 12.4 Å². The average Bonchev–Trinajstić information content (AvgIpc) is 2.74. The Hall–Kier alpha value is -3.04. The number of hydrogen-bond acceptors (Lipinski definition) is 4. The number of rotatable bonds is 5. The maximum Gasteiger partial charge on any atom is 0.349 e. The Kier molecular flexibility index (Phi) is 6.15. The first kappa shape index (κ1) is 21.2. The third kappa shape index (κ3) is 4.52. The zero-order chi connectivity index (χ0) is 22.0. The van der Waals surface area contributed by atoms with Crippen molar-refractivity contribution in [2.45, 2.75) is 6.61 Å². The van der Waals surface area contributed by atoms with Crippen LogP contribution in [-0.4, -0.2) is 15.9 Å². The lowest BCUT2D eigenvalue weighted by atomic mass is 10.2. The second kappa shape index (κ2) is 8.99. The standard InChI is InChI=1S/C22H14Br2FN3O3/c23-16-9-13(10-17(24)20(16)31-12-14-5-1-3-7-18(14)25)11-26-28-21(29)15-6-2-4-8-19(15)27-22(28)30/h1-11H,12H2,(H,27,30). The molecule has 31 heavy (non-hydrogen) atoms. The second-order valence-corrected chi connectivity index (χ2v) is 8.24. The minimum absolute atomic E-state index is 0.0547. The van der Waals surface area contributed by atoms with Crippen LogP contribution in [0.1, 0.15) is 11.1 Å². The Morgan fingerprint density at radius 2 is 1.71 bits per heavy atom. The first-order chi connectivity index (χ1) is 14.9. The van der Waals surface area contributed by atoms with Crippen LogP contribution < -0.4 is 16.0 Å². The summed E-state index contributed by atoms with van der Waals surface area (Å²) in [6, 6.07) is 16.5. The van der Waals surface area contributed by atoms with E-state index in [9.17, 15) is 14.0 Å². The van der Waals surface area contributed by atoms with Gasteiger partial charge in [0.15, 0.2) is 0 Å². The van der Waals surface area contributed by atoms with Gasteiger partial charge in [-0.15, -0.1) is 4.68 Å². The van der Waals surface area contributed by atoms with E-state index in [0.717, 1.165) is 4.68 Å². The topological polar surface area (TPSA) is 76.5 Å². The number of nitrogens with one attached hydrogen (secondary N) is 1. The highest BCUT2D eigenvalue weighted by Gasteiger charge is 2.11. The Bertz CT molecular complexity index is 1410. The van der Waals surface area contributed by atoms with Crippen LogP contribution in [0.25, 0.3) is 10.9 Å². The molecule has 0 spiro atoms. The number of ether oxygens (including phenoxy) is 1. The average molecular weight is 547 g/mol. The molecule has 3 aromatic carbocycles. The summed E-state index contributed by atoms with van der Waals surface area (Å²) in [7, 11) is 0. The molecule has 9 heteroatoms. The van der Waals surface area contributed by atoms with Gasteiger partial charge >= 0.3 is 5.69 Å². The van der Waals surface area contributed by atoms with Gasteiger partial charge in [0.25, 0.3) is 5.56 Å². The molecule has 0 fully saturated rings. The zero-order valence-corrected chi connectivity index (χ0v) is 19.0. The minimum Gasteiger partial charge on any atom is -0.486 e. The van der Waals surface area contributed by atoms with Crippen molar-refractivity contribution in [2.24, 2.45) is 5.10 Å². The number of halogens is 3. The van der Waals surface area contributed by atoms with Crippen molar-refractivity contribution >= 4 is 49.0 Å². The van der Waals surface area contributed by atoms with Crippen molar-refractivity contribution in [3.63, 3.8) is 0 Å². The van der Waals surface area contributed by atoms with E-state index in [1.807, 2.05) is 0 Å². The van der Waals surface area contributed by atoms with Gasteiger partial charge in [0.1, 0.15) is 18.2 Å². The van der Waals surface area contributed by atoms with Gasteiger partial charge in [-0.2, -0.15) is 5.10 Å². The minimum atomic E-state index is -0.636. The van der Waals surface area contributed by atoms with E-state index in [2.05, 4.69) is 41.9 Å². The van der Waals surface area contributed by atoms with Gasteiger partial charge in [-0.05, 0) is 67.8 Å². The van der Waals surface area contributed by atoms with Crippen LogP contribution in [0.3, 0.4) is 0 Å². The maximum absolute atomic E-state index is 13.8. The molecule has 6 nitrogen and oxygen atoms in total. The third-order valence-corrected chi connectivity index (χ3v) is 5.63. The summed E-state index contributed by atoms with van der Waals surface area (Å²) in [6.07, 6.45) is 1.39. The third-order valence-electron chi connectivity index (χ3n) is 4.46. The normalized spacial score (nSPS) is 11.3. The quantitative estimate of drug-likeness (QED) is 0.365. The van der Waals surface area contributed by atoms with Crippen LogP contribution in [0.2, 0.25) is 0 Å². The van der Waals surface area contributed by atoms with Crippen LogP contribution >= 0.6 is 31.9 Å². The molecule has 0 radical (unpaired) electrons. The number of fused-ring (bicyclic) bond motifs is 1. The van der Waals surface area contributed by atoms with Gasteiger partial charge in [0.2, 0.25) is 0 Å². The number of para-hydroxylation sites is 1. The van der Waals surface area contributed by atoms with E-state index < -0.39 is 11.2 Å². The highest BCUT2D eigenvalue weighted by molar-refractivity contribution is 9.11. The fourth-order valence-corrected chi connectivity index (χ4v) is 4.39. The first-order valence-corrected chi connectivity index (χ1v) is 10.7. The highest BCUT2D eigenvalue weighted by Crippen LogP contribution is 2.35. The largest absolute Gasteiger partial charge is 0.486 e. The Labute approximate surface area is 192 Å². The smallest absolute Gasteiger partial charge is 0.349 e. The number of hydrogen-bond donors (Lipinski definition) is 1. The SMILES string of the molecule is O=c1[nH]c2ccccc2c(=O)n1N=Cc1cc(Br)c(OCc2ccccc2F)c(Br)c1. The zero-order valence-electron chi connectivity index (χ0n) is 15.8. The molecule has 0 aliphatic carbocycles. The fraction of sp³-hybridized carbons (Fsp3) is 0.0455. The summed E-state index contributed by atoms with van der Waals surface area (Å²) in [6.45, 7) is 0.0547. The summed E-state index contributed by atoms with van der Waals surface area (Å²) < 4.78 is 21.5. The highest BCUT2D eigenvalue weighted by atomic mass is 79.9. The summed E-state index contributed by atoms with van der Waals surface area (Å²) in [4.78, 5) is 27.4. The number of nitrogens with zero attached hydrogens (tertiary/aromatic N) is 2. The lowest BCUT2D eigenvalue weighted by Crippen LogP contribution is -2.32.